The highest BCUT2D eigenvalue weighted by molar-refractivity contribution is 5.95. The Labute approximate surface area is 157 Å². The fraction of sp³-hybridized carbons (Fsp3) is 0.350. The van der Waals surface area contributed by atoms with E-state index in [0.29, 0.717) is 5.56 Å². The number of anilines is 1. The summed E-state index contributed by atoms with van der Waals surface area (Å²) in [6.45, 7) is 7.53. The molecule has 0 radical (unpaired) electrons. The minimum absolute atomic E-state index is 0.0231. The normalized spacial score (nSPS) is 12.1. The number of carbonyl (C=O) groups excluding carboxylic acids is 1. The number of amides is 1. The van der Waals surface area contributed by atoms with Crippen molar-refractivity contribution in [1.29, 1.82) is 0 Å². The number of nitro benzene ring substituents is 1. The largest absolute Gasteiger partial charge is 0.319 e. The predicted octanol–water partition coefficient (Wildman–Crippen LogP) is 4.28. The van der Waals surface area contributed by atoms with E-state index in [0.717, 1.165) is 11.1 Å². The first-order valence-electron chi connectivity index (χ1n) is 8.74. The van der Waals surface area contributed by atoms with Crippen LogP contribution in [0.4, 0.5) is 15.8 Å². The zero-order valence-electron chi connectivity index (χ0n) is 15.9. The fourth-order valence-electron chi connectivity index (χ4n) is 2.91. The van der Waals surface area contributed by atoms with Crippen LogP contribution in [0.5, 0.6) is 0 Å². The Bertz CT molecular complexity index is 835. The molecule has 2 rings (SSSR count). The van der Waals surface area contributed by atoms with E-state index < -0.39 is 4.92 Å². The minimum Gasteiger partial charge on any atom is -0.319 e. The molecular weight excluding hydrogens is 349 g/mol. The molecule has 2 N–H and O–H groups in total. The molecule has 0 heterocycles. The Hall–Kier alpha value is -2.80. The van der Waals surface area contributed by atoms with Crippen LogP contribution >= 0.6 is 0 Å². The number of hydrogen-bond acceptors (Lipinski definition) is 4. The zero-order chi connectivity index (χ0) is 20.1. The average Bonchev–Trinajstić information content (AvgIpc) is 2.60. The smallest absolute Gasteiger partial charge is 0.293 e. The molecule has 2 aromatic rings. The number of rotatable bonds is 7. The molecule has 0 bridgehead atoms. The van der Waals surface area contributed by atoms with Gasteiger partial charge < -0.3 is 10.6 Å². The molecule has 0 fully saturated rings. The van der Waals surface area contributed by atoms with Crippen molar-refractivity contribution in [2.45, 2.75) is 33.7 Å². The molecule has 0 saturated carbocycles. The van der Waals surface area contributed by atoms with Crippen molar-refractivity contribution in [3.8, 4) is 0 Å². The monoisotopic (exact) mass is 373 g/mol. The number of benzene rings is 2. The first-order chi connectivity index (χ1) is 12.7. The first kappa shape index (κ1) is 20.5. The third-order valence-electron chi connectivity index (χ3n) is 4.55. The van der Waals surface area contributed by atoms with Gasteiger partial charge in [0, 0.05) is 12.1 Å². The summed E-state index contributed by atoms with van der Waals surface area (Å²) < 4.78 is 13.1. The van der Waals surface area contributed by atoms with Crippen LogP contribution in [0.15, 0.2) is 36.4 Å². The maximum atomic E-state index is 13.1. The van der Waals surface area contributed by atoms with Crippen LogP contribution in [-0.2, 0) is 4.79 Å². The second-order valence-corrected chi connectivity index (χ2v) is 6.86. The number of hydrogen-bond donors (Lipinski definition) is 2. The summed E-state index contributed by atoms with van der Waals surface area (Å²) in [4.78, 5) is 23.1. The van der Waals surface area contributed by atoms with E-state index >= 15 is 0 Å². The Balaban J connectivity index is 2.12. The van der Waals surface area contributed by atoms with Gasteiger partial charge in [-0.05, 0) is 48.6 Å². The number of nitro groups is 1. The third-order valence-corrected chi connectivity index (χ3v) is 4.55. The molecule has 0 aliphatic carbocycles. The van der Waals surface area contributed by atoms with Gasteiger partial charge in [-0.3, -0.25) is 14.9 Å². The molecule has 0 spiro atoms. The lowest BCUT2D eigenvalue weighted by atomic mass is 9.96. The highest BCUT2D eigenvalue weighted by Crippen LogP contribution is 2.30. The van der Waals surface area contributed by atoms with Crippen molar-refractivity contribution in [3.63, 3.8) is 0 Å². The lowest BCUT2D eigenvalue weighted by molar-refractivity contribution is -0.384. The highest BCUT2D eigenvalue weighted by Gasteiger charge is 2.21. The van der Waals surface area contributed by atoms with Gasteiger partial charge in [-0.15, -0.1) is 0 Å². The van der Waals surface area contributed by atoms with E-state index in [1.807, 2.05) is 20.8 Å². The quantitative estimate of drug-likeness (QED) is 0.560. The summed E-state index contributed by atoms with van der Waals surface area (Å²) in [6.07, 6.45) is 0. The Kier molecular flexibility index (Phi) is 6.63. The van der Waals surface area contributed by atoms with Crippen LogP contribution < -0.4 is 10.6 Å². The van der Waals surface area contributed by atoms with Gasteiger partial charge in [-0.2, -0.15) is 0 Å². The third kappa shape index (κ3) is 5.10. The van der Waals surface area contributed by atoms with Gasteiger partial charge >= 0.3 is 0 Å². The van der Waals surface area contributed by atoms with Crippen molar-refractivity contribution >= 4 is 17.3 Å². The van der Waals surface area contributed by atoms with Gasteiger partial charge in [-0.1, -0.05) is 32.0 Å². The molecule has 0 saturated heterocycles. The molecule has 0 aromatic heterocycles. The second kappa shape index (κ2) is 8.73. The molecule has 0 aliphatic heterocycles. The van der Waals surface area contributed by atoms with Crippen molar-refractivity contribution in [2.75, 3.05) is 11.9 Å². The molecule has 144 valence electrons. The second-order valence-electron chi connectivity index (χ2n) is 6.86. The van der Waals surface area contributed by atoms with E-state index in [2.05, 4.69) is 10.6 Å². The summed E-state index contributed by atoms with van der Waals surface area (Å²) in [7, 11) is 0. The van der Waals surface area contributed by atoms with Crippen molar-refractivity contribution in [3.05, 3.63) is 69.0 Å². The van der Waals surface area contributed by atoms with Crippen LogP contribution in [0.3, 0.4) is 0 Å². The van der Waals surface area contributed by atoms with Crippen LogP contribution in [0, 0.1) is 35.7 Å². The summed E-state index contributed by atoms with van der Waals surface area (Å²) in [5, 5.41) is 17.0. The summed E-state index contributed by atoms with van der Waals surface area (Å²) in [5.74, 6) is -0.529. The minimum atomic E-state index is -0.509. The zero-order valence-corrected chi connectivity index (χ0v) is 15.9. The van der Waals surface area contributed by atoms with Crippen molar-refractivity contribution < 1.29 is 14.1 Å². The van der Waals surface area contributed by atoms with Crippen LogP contribution in [0.1, 0.15) is 36.6 Å². The fourth-order valence-corrected chi connectivity index (χ4v) is 2.91. The number of nitrogens with zero attached hydrogens (tertiary/aromatic N) is 1. The van der Waals surface area contributed by atoms with Gasteiger partial charge in [-0.25, -0.2) is 4.39 Å². The molecular formula is C20H24FN3O3. The van der Waals surface area contributed by atoms with E-state index in [4.69, 9.17) is 0 Å². The van der Waals surface area contributed by atoms with Crippen LogP contribution in [-0.4, -0.2) is 17.4 Å². The first-order valence-corrected chi connectivity index (χ1v) is 8.74. The van der Waals surface area contributed by atoms with Crippen LogP contribution in [0.2, 0.25) is 0 Å². The molecule has 0 aliphatic rings. The Morgan fingerprint density at radius 1 is 1.15 bits per heavy atom. The van der Waals surface area contributed by atoms with E-state index in [9.17, 15) is 19.3 Å². The maximum absolute atomic E-state index is 13.1. The number of nitrogens with one attached hydrogen (secondary N) is 2. The lowest BCUT2D eigenvalue weighted by Crippen LogP contribution is -2.34. The summed E-state index contributed by atoms with van der Waals surface area (Å²) in [5.41, 5.74) is 2.48. The van der Waals surface area contributed by atoms with Crippen molar-refractivity contribution in [2.24, 2.45) is 5.92 Å². The molecule has 1 amide bonds. The molecule has 2 aromatic carbocycles. The molecule has 6 nitrogen and oxygen atoms in total. The number of aryl methyl sites for hydroxylation is 1. The summed E-state index contributed by atoms with van der Waals surface area (Å²) in [6, 6.07) is 9.02. The van der Waals surface area contributed by atoms with E-state index in [1.54, 1.807) is 25.1 Å². The van der Waals surface area contributed by atoms with E-state index in [1.165, 1.54) is 18.2 Å². The SMILES string of the molecule is Cc1ccc([N+](=O)[O-])c(NC(=O)CN[C@H](c2ccc(F)cc2)C(C)C)c1C. The van der Waals surface area contributed by atoms with Gasteiger partial charge in [0.25, 0.3) is 5.69 Å². The van der Waals surface area contributed by atoms with Gasteiger partial charge in [0.1, 0.15) is 11.5 Å². The van der Waals surface area contributed by atoms with Crippen LogP contribution in [0.25, 0.3) is 0 Å². The maximum Gasteiger partial charge on any atom is 0.293 e. The van der Waals surface area contributed by atoms with Gasteiger partial charge in [0.15, 0.2) is 0 Å². The van der Waals surface area contributed by atoms with Gasteiger partial charge in [0.2, 0.25) is 5.91 Å². The Morgan fingerprint density at radius 2 is 1.78 bits per heavy atom. The molecule has 1 atom stereocenters. The number of carbonyl (C=O) groups is 1. The highest BCUT2D eigenvalue weighted by atomic mass is 19.1. The average molecular weight is 373 g/mol. The van der Waals surface area contributed by atoms with E-state index in [-0.39, 0.29) is 41.6 Å². The Morgan fingerprint density at radius 3 is 2.33 bits per heavy atom. The molecule has 27 heavy (non-hydrogen) atoms. The lowest BCUT2D eigenvalue weighted by Gasteiger charge is -2.23. The summed E-state index contributed by atoms with van der Waals surface area (Å²) >= 11 is 0. The molecule has 0 unspecified atom stereocenters. The van der Waals surface area contributed by atoms with Gasteiger partial charge in [0.05, 0.1) is 11.5 Å². The number of halogens is 1. The molecule has 7 heteroatoms. The predicted molar refractivity (Wildman–Crippen MR) is 103 cm³/mol. The standard InChI is InChI=1S/C20H24FN3O3/c1-12(2)19(15-6-8-16(21)9-7-15)22-11-18(25)23-20-14(4)13(3)5-10-17(20)24(26)27/h5-10,12,19,22H,11H2,1-4H3,(H,23,25)/t19-/m0/s1. The van der Waals surface area contributed by atoms with Crippen molar-refractivity contribution in [1.82, 2.24) is 5.32 Å². The topological polar surface area (TPSA) is 84.3 Å².